The number of carboxylic acid groups (broad SMARTS) is 1. The van der Waals surface area contributed by atoms with Crippen molar-refractivity contribution in [3.63, 3.8) is 0 Å². The molecule has 0 aliphatic heterocycles. The summed E-state index contributed by atoms with van der Waals surface area (Å²) < 4.78 is 5.11. The second-order valence-electron chi connectivity index (χ2n) is 4.56. The van der Waals surface area contributed by atoms with E-state index in [9.17, 15) is 4.79 Å². The highest BCUT2D eigenvalue weighted by atomic mass is 16.5. The number of unbranched alkanes of at least 4 members (excludes halogenated alkanes) is 2. The van der Waals surface area contributed by atoms with Crippen molar-refractivity contribution in [1.82, 2.24) is 0 Å². The summed E-state index contributed by atoms with van der Waals surface area (Å²) in [6, 6.07) is 7.73. The molecule has 1 atom stereocenters. The summed E-state index contributed by atoms with van der Waals surface area (Å²) in [7, 11) is 1.63. The number of methoxy groups -OCH3 is 1. The highest BCUT2D eigenvalue weighted by Gasteiger charge is 2.15. The van der Waals surface area contributed by atoms with Crippen LogP contribution in [0.4, 0.5) is 0 Å². The first-order chi connectivity index (χ1) is 8.67. The van der Waals surface area contributed by atoms with Crippen molar-refractivity contribution in [2.75, 3.05) is 7.11 Å². The fourth-order valence-corrected chi connectivity index (χ4v) is 2.11. The fraction of sp³-hybridized carbons (Fsp3) is 0.533. The first-order valence-electron chi connectivity index (χ1n) is 6.53. The Kier molecular flexibility index (Phi) is 6.26. The Morgan fingerprint density at radius 2 is 1.94 bits per heavy atom. The summed E-state index contributed by atoms with van der Waals surface area (Å²) in [5.74, 6) is 0.189. The van der Waals surface area contributed by atoms with Gasteiger partial charge in [-0.15, -0.1) is 0 Å². The Bertz CT molecular complexity index is 357. The number of rotatable bonds is 8. The van der Waals surface area contributed by atoms with Crippen LogP contribution in [-0.2, 0) is 4.79 Å². The van der Waals surface area contributed by atoms with Crippen LogP contribution in [0.25, 0.3) is 0 Å². The minimum atomic E-state index is -0.729. The molecular formula is C15H22O3. The van der Waals surface area contributed by atoms with Gasteiger partial charge in [0.15, 0.2) is 0 Å². The zero-order valence-corrected chi connectivity index (χ0v) is 11.2. The number of benzene rings is 1. The molecule has 3 heteroatoms. The number of carboxylic acids is 1. The van der Waals surface area contributed by atoms with Gasteiger partial charge >= 0.3 is 5.97 Å². The number of hydrogen-bond acceptors (Lipinski definition) is 2. The second-order valence-corrected chi connectivity index (χ2v) is 4.56. The van der Waals surface area contributed by atoms with Gasteiger partial charge in [-0.1, -0.05) is 38.3 Å². The molecule has 0 spiro atoms. The molecule has 0 saturated heterocycles. The van der Waals surface area contributed by atoms with Crippen LogP contribution in [-0.4, -0.2) is 18.2 Å². The predicted octanol–water partition coefficient (Wildman–Crippen LogP) is 3.83. The molecule has 0 amide bonds. The van der Waals surface area contributed by atoms with E-state index < -0.39 is 5.97 Å². The Morgan fingerprint density at radius 3 is 2.44 bits per heavy atom. The van der Waals surface area contributed by atoms with Crippen LogP contribution < -0.4 is 4.74 Å². The van der Waals surface area contributed by atoms with Crippen LogP contribution >= 0.6 is 0 Å². The molecule has 0 bridgehead atoms. The Balaban J connectivity index is 2.69. The Hall–Kier alpha value is -1.51. The van der Waals surface area contributed by atoms with Gasteiger partial charge in [0, 0.05) is 0 Å². The summed E-state index contributed by atoms with van der Waals surface area (Å²) >= 11 is 0. The third kappa shape index (κ3) is 4.78. The topological polar surface area (TPSA) is 46.5 Å². The molecule has 1 aromatic carbocycles. The van der Waals surface area contributed by atoms with Gasteiger partial charge in [-0.2, -0.15) is 0 Å². The summed E-state index contributed by atoms with van der Waals surface area (Å²) in [5, 5.41) is 8.98. The Morgan fingerprint density at radius 1 is 1.28 bits per heavy atom. The molecule has 0 saturated carbocycles. The molecule has 1 unspecified atom stereocenters. The summed E-state index contributed by atoms with van der Waals surface area (Å²) in [6.07, 6.45) is 4.54. The first kappa shape index (κ1) is 14.6. The van der Waals surface area contributed by atoms with Crippen molar-refractivity contribution >= 4 is 5.97 Å². The van der Waals surface area contributed by atoms with E-state index in [2.05, 4.69) is 6.92 Å². The highest BCUT2D eigenvalue weighted by molar-refractivity contribution is 5.68. The largest absolute Gasteiger partial charge is 0.497 e. The van der Waals surface area contributed by atoms with Gasteiger partial charge in [0.05, 0.1) is 13.5 Å². The van der Waals surface area contributed by atoms with Crippen molar-refractivity contribution in [2.24, 2.45) is 0 Å². The molecule has 1 rings (SSSR count). The quantitative estimate of drug-likeness (QED) is 0.713. The van der Waals surface area contributed by atoms with Crippen molar-refractivity contribution in [3.8, 4) is 5.75 Å². The van der Waals surface area contributed by atoms with E-state index in [4.69, 9.17) is 9.84 Å². The lowest BCUT2D eigenvalue weighted by atomic mass is 9.90. The molecule has 0 radical (unpaired) electrons. The average Bonchev–Trinajstić information content (AvgIpc) is 2.37. The lowest BCUT2D eigenvalue weighted by molar-refractivity contribution is -0.137. The Labute approximate surface area is 109 Å². The molecule has 1 N–H and O–H groups in total. The molecule has 0 heterocycles. The predicted molar refractivity (Wildman–Crippen MR) is 72.1 cm³/mol. The van der Waals surface area contributed by atoms with Crippen molar-refractivity contribution in [1.29, 1.82) is 0 Å². The van der Waals surface area contributed by atoms with Crippen LogP contribution in [0, 0.1) is 0 Å². The lowest BCUT2D eigenvalue weighted by Gasteiger charge is -2.15. The third-order valence-electron chi connectivity index (χ3n) is 3.16. The second kappa shape index (κ2) is 7.75. The van der Waals surface area contributed by atoms with Gasteiger partial charge in [-0.3, -0.25) is 4.79 Å². The van der Waals surface area contributed by atoms with E-state index in [1.165, 1.54) is 0 Å². The molecule has 0 fully saturated rings. The number of aliphatic carboxylic acids is 1. The van der Waals surface area contributed by atoms with Crippen LogP contribution in [0.3, 0.4) is 0 Å². The standard InChI is InChI=1S/C15H22O3/c1-3-4-5-6-13(11-15(16)17)12-7-9-14(18-2)10-8-12/h7-10,13H,3-6,11H2,1-2H3,(H,16,17). The van der Waals surface area contributed by atoms with E-state index in [-0.39, 0.29) is 12.3 Å². The van der Waals surface area contributed by atoms with E-state index >= 15 is 0 Å². The SMILES string of the molecule is CCCCCC(CC(=O)O)c1ccc(OC)cc1. The van der Waals surface area contributed by atoms with Crippen LogP contribution in [0.1, 0.15) is 50.5 Å². The zero-order chi connectivity index (χ0) is 13.4. The minimum Gasteiger partial charge on any atom is -0.497 e. The smallest absolute Gasteiger partial charge is 0.303 e. The van der Waals surface area contributed by atoms with Crippen LogP contribution in [0.15, 0.2) is 24.3 Å². The maximum Gasteiger partial charge on any atom is 0.303 e. The van der Waals surface area contributed by atoms with Crippen LogP contribution in [0.5, 0.6) is 5.75 Å². The minimum absolute atomic E-state index is 0.111. The van der Waals surface area contributed by atoms with Crippen LogP contribution in [0.2, 0.25) is 0 Å². The van der Waals surface area contributed by atoms with Crippen molar-refractivity contribution in [3.05, 3.63) is 29.8 Å². The monoisotopic (exact) mass is 250 g/mol. The molecule has 18 heavy (non-hydrogen) atoms. The summed E-state index contributed by atoms with van der Waals surface area (Å²) in [5.41, 5.74) is 1.09. The van der Waals surface area contributed by atoms with Gasteiger partial charge < -0.3 is 9.84 Å². The molecular weight excluding hydrogens is 228 g/mol. The van der Waals surface area contributed by atoms with Crippen molar-refractivity contribution in [2.45, 2.75) is 44.9 Å². The van der Waals surface area contributed by atoms with Gasteiger partial charge in [0.1, 0.15) is 5.75 Å². The molecule has 0 aliphatic carbocycles. The van der Waals surface area contributed by atoms with Gasteiger partial charge in [0.25, 0.3) is 0 Å². The van der Waals surface area contributed by atoms with E-state index in [0.717, 1.165) is 37.0 Å². The number of hydrogen-bond donors (Lipinski definition) is 1. The maximum absolute atomic E-state index is 10.9. The van der Waals surface area contributed by atoms with Gasteiger partial charge in [-0.25, -0.2) is 0 Å². The van der Waals surface area contributed by atoms with Gasteiger partial charge in [0.2, 0.25) is 0 Å². The molecule has 3 nitrogen and oxygen atoms in total. The maximum atomic E-state index is 10.9. The molecule has 100 valence electrons. The summed E-state index contributed by atoms with van der Waals surface area (Å²) in [6.45, 7) is 2.15. The molecule has 0 aromatic heterocycles. The third-order valence-corrected chi connectivity index (χ3v) is 3.16. The van der Waals surface area contributed by atoms with E-state index in [1.54, 1.807) is 7.11 Å². The first-order valence-corrected chi connectivity index (χ1v) is 6.53. The number of ether oxygens (including phenoxy) is 1. The van der Waals surface area contributed by atoms with E-state index in [0.29, 0.717) is 0 Å². The molecule has 1 aromatic rings. The van der Waals surface area contributed by atoms with E-state index in [1.807, 2.05) is 24.3 Å². The normalized spacial score (nSPS) is 12.1. The van der Waals surface area contributed by atoms with Gasteiger partial charge in [-0.05, 0) is 30.0 Å². The highest BCUT2D eigenvalue weighted by Crippen LogP contribution is 2.27. The molecule has 0 aliphatic rings. The summed E-state index contributed by atoms with van der Waals surface area (Å²) in [4.78, 5) is 10.9. The number of carbonyl (C=O) groups is 1. The lowest BCUT2D eigenvalue weighted by Crippen LogP contribution is -2.06. The fourth-order valence-electron chi connectivity index (χ4n) is 2.11. The van der Waals surface area contributed by atoms with Crippen molar-refractivity contribution < 1.29 is 14.6 Å². The average molecular weight is 250 g/mol. The zero-order valence-electron chi connectivity index (χ0n) is 11.2.